The molecule has 0 unspecified atom stereocenters. The van der Waals surface area contributed by atoms with E-state index in [1.165, 1.54) is 19.2 Å². The van der Waals surface area contributed by atoms with Gasteiger partial charge in [0.25, 0.3) is 0 Å². The fourth-order valence-corrected chi connectivity index (χ4v) is 4.29. The molecule has 0 spiro atoms. The summed E-state index contributed by atoms with van der Waals surface area (Å²) in [6.45, 7) is 4.87. The van der Waals surface area contributed by atoms with Crippen LogP contribution in [0.1, 0.15) is 28.9 Å². The Labute approximate surface area is 197 Å². The number of rotatable bonds is 6. The molecular weight excluding hydrogens is 439 g/mol. The zero-order chi connectivity index (χ0) is 24.2. The van der Waals surface area contributed by atoms with Crippen molar-refractivity contribution >= 4 is 23.5 Å². The van der Waals surface area contributed by atoms with Crippen LogP contribution in [0.5, 0.6) is 0 Å². The molecule has 2 aromatic carbocycles. The summed E-state index contributed by atoms with van der Waals surface area (Å²) in [6.07, 6.45) is 0. The summed E-state index contributed by atoms with van der Waals surface area (Å²) in [5, 5.41) is 5.51. The van der Waals surface area contributed by atoms with Crippen LogP contribution in [-0.4, -0.2) is 62.5 Å². The first kappa shape index (κ1) is 23.4. The molecule has 9 heteroatoms. The van der Waals surface area contributed by atoms with E-state index in [1.54, 1.807) is 19.1 Å². The molecule has 2 N–H and O–H groups in total. The Balaban J connectivity index is 1.50. The minimum Gasteiger partial charge on any atom is -0.466 e. The Kier molecular flexibility index (Phi) is 6.93. The van der Waals surface area contributed by atoms with Gasteiger partial charge in [0, 0.05) is 49.7 Å². The normalized spacial score (nSPS) is 18.9. The third kappa shape index (κ3) is 5.09. The third-order valence-electron chi connectivity index (χ3n) is 6.16. The van der Waals surface area contributed by atoms with E-state index in [1.807, 2.05) is 24.3 Å². The highest BCUT2D eigenvalue weighted by molar-refractivity contribution is 5.95. The number of nitrogens with one attached hydrogen (secondary N) is 2. The van der Waals surface area contributed by atoms with E-state index in [9.17, 15) is 18.8 Å². The number of Topliss-reactive ketones (excluding diaryl/α,β-unsaturated/α-hetero) is 1. The molecule has 2 amide bonds. The maximum Gasteiger partial charge on any atom is 0.338 e. The van der Waals surface area contributed by atoms with E-state index in [2.05, 4.69) is 20.4 Å². The molecule has 2 aliphatic heterocycles. The summed E-state index contributed by atoms with van der Waals surface area (Å²) in [5.41, 5.74) is 3.10. The van der Waals surface area contributed by atoms with Gasteiger partial charge in [0.2, 0.25) is 0 Å². The van der Waals surface area contributed by atoms with Gasteiger partial charge in [-0.2, -0.15) is 0 Å². The maximum atomic E-state index is 13.4. The number of carbonyl (C=O) groups excluding carboxylic acids is 3. The number of nitrogens with zero attached hydrogens (tertiary/aromatic N) is 2. The van der Waals surface area contributed by atoms with Crippen LogP contribution < -0.4 is 15.5 Å². The number of halogens is 1. The Morgan fingerprint density at radius 1 is 1.03 bits per heavy atom. The summed E-state index contributed by atoms with van der Waals surface area (Å²) < 4.78 is 18.4. The van der Waals surface area contributed by atoms with Gasteiger partial charge in [-0.15, -0.1) is 0 Å². The summed E-state index contributed by atoms with van der Waals surface area (Å²) in [6, 6.07) is 12.1. The van der Waals surface area contributed by atoms with Crippen LogP contribution in [0.25, 0.3) is 0 Å². The van der Waals surface area contributed by atoms with Crippen LogP contribution in [0.4, 0.5) is 14.9 Å². The molecule has 34 heavy (non-hydrogen) atoms. The zero-order valence-corrected chi connectivity index (χ0v) is 19.1. The number of esters is 1. The van der Waals surface area contributed by atoms with E-state index < -0.39 is 23.9 Å². The molecular formula is C25H27FN4O4. The lowest BCUT2D eigenvalue weighted by Gasteiger charge is -2.38. The van der Waals surface area contributed by atoms with Gasteiger partial charge in [-0.3, -0.25) is 9.69 Å². The molecule has 2 aromatic rings. The van der Waals surface area contributed by atoms with Crippen molar-refractivity contribution in [1.82, 2.24) is 15.5 Å². The predicted octanol–water partition coefficient (Wildman–Crippen LogP) is 2.63. The van der Waals surface area contributed by atoms with Gasteiger partial charge in [-0.1, -0.05) is 12.1 Å². The minimum atomic E-state index is -0.738. The fraction of sp³-hybridized carbons (Fsp3) is 0.320. The standard InChI is InChI=1S/C25H27FN4O4/c1-16(31)17-5-9-20(10-6-17)30-13-11-29(12-14-30)15-21-22(24(32)34-2)23(28-25(33)27-21)18-3-7-19(26)8-4-18/h3-10,23H,11-15H2,1-2H3,(H2,27,28,33)/t23-/m0/s1. The summed E-state index contributed by atoms with van der Waals surface area (Å²) in [4.78, 5) is 41.0. The number of urea groups is 1. The Hall–Kier alpha value is -3.72. The highest BCUT2D eigenvalue weighted by atomic mass is 19.1. The number of anilines is 1. The SMILES string of the molecule is COC(=O)C1=C(CN2CCN(c3ccc(C(C)=O)cc3)CC2)NC(=O)N[C@H]1c1ccc(F)cc1. The molecule has 2 heterocycles. The predicted molar refractivity (Wildman–Crippen MR) is 125 cm³/mol. The van der Waals surface area contributed by atoms with Gasteiger partial charge >= 0.3 is 12.0 Å². The molecule has 0 radical (unpaired) electrons. The Morgan fingerprint density at radius 2 is 1.68 bits per heavy atom. The molecule has 4 rings (SSSR count). The average molecular weight is 467 g/mol. The van der Waals surface area contributed by atoms with Crippen LogP contribution >= 0.6 is 0 Å². The number of ether oxygens (including phenoxy) is 1. The topological polar surface area (TPSA) is 91.0 Å². The van der Waals surface area contributed by atoms with E-state index in [4.69, 9.17) is 4.74 Å². The molecule has 0 bridgehead atoms. The Bertz CT molecular complexity index is 1110. The van der Waals surface area contributed by atoms with Gasteiger partial charge in [-0.05, 0) is 48.9 Å². The van der Waals surface area contributed by atoms with Crippen molar-refractivity contribution in [2.45, 2.75) is 13.0 Å². The Morgan fingerprint density at radius 3 is 2.26 bits per heavy atom. The van der Waals surface area contributed by atoms with Crippen molar-refractivity contribution in [1.29, 1.82) is 0 Å². The average Bonchev–Trinajstić information content (AvgIpc) is 2.84. The lowest BCUT2D eigenvalue weighted by atomic mass is 9.95. The van der Waals surface area contributed by atoms with Crippen LogP contribution in [0.15, 0.2) is 59.8 Å². The number of hydrogen-bond donors (Lipinski definition) is 2. The minimum absolute atomic E-state index is 0.0361. The second kappa shape index (κ2) is 10.0. The van der Waals surface area contributed by atoms with Crippen LogP contribution in [0.2, 0.25) is 0 Å². The highest BCUT2D eigenvalue weighted by Gasteiger charge is 2.34. The first-order chi connectivity index (χ1) is 16.4. The van der Waals surface area contributed by atoms with Crippen LogP contribution in [0, 0.1) is 5.82 Å². The van der Waals surface area contributed by atoms with Gasteiger partial charge < -0.3 is 20.3 Å². The molecule has 8 nitrogen and oxygen atoms in total. The molecule has 0 aromatic heterocycles. The van der Waals surface area contributed by atoms with E-state index in [0.717, 1.165) is 31.9 Å². The number of hydrogen-bond acceptors (Lipinski definition) is 6. The molecule has 1 fully saturated rings. The molecule has 1 saturated heterocycles. The van der Waals surface area contributed by atoms with Crippen LogP contribution in [-0.2, 0) is 9.53 Å². The summed E-state index contributed by atoms with van der Waals surface area (Å²) in [5.74, 6) is -0.920. The monoisotopic (exact) mass is 466 g/mol. The number of methoxy groups -OCH3 is 1. The summed E-state index contributed by atoms with van der Waals surface area (Å²) in [7, 11) is 1.29. The van der Waals surface area contributed by atoms with Crippen molar-refractivity contribution < 1.29 is 23.5 Å². The molecule has 178 valence electrons. The van der Waals surface area contributed by atoms with Crippen molar-refractivity contribution in [2.75, 3.05) is 44.7 Å². The van der Waals surface area contributed by atoms with Gasteiger partial charge in [0.1, 0.15) is 5.82 Å². The molecule has 2 aliphatic rings. The van der Waals surface area contributed by atoms with E-state index >= 15 is 0 Å². The smallest absolute Gasteiger partial charge is 0.338 e. The van der Waals surface area contributed by atoms with Gasteiger partial charge in [0.05, 0.1) is 18.7 Å². The third-order valence-corrected chi connectivity index (χ3v) is 6.16. The maximum absolute atomic E-state index is 13.4. The molecule has 0 aliphatic carbocycles. The van der Waals surface area contributed by atoms with E-state index in [-0.39, 0.29) is 5.78 Å². The second-order valence-electron chi connectivity index (χ2n) is 8.33. The van der Waals surface area contributed by atoms with Crippen molar-refractivity contribution in [3.05, 3.63) is 76.7 Å². The van der Waals surface area contributed by atoms with Crippen molar-refractivity contribution in [2.24, 2.45) is 0 Å². The molecule has 0 saturated carbocycles. The number of carbonyl (C=O) groups is 3. The number of amides is 2. The lowest BCUT2D eigenvalue weighted by molar-refractivity contribution is -0.136. The first-order valence-electron chi connectivity index (χ1n) is 11.1. The quantitative estimate of drug-likeness (QED) is 0.503. The van der Waals surface area contributed by atoms with Crippen LogP contribution in [0.3, 0.4) is 0 Å². The first-order valence-corrected chi connectivity index (χ1v) is 11.1. The van der Waals surface area contributed by atoms with Gasteiger partial charge in [0.15, 0.2) is 5.78 Å². The van der Waals surface area contributed by atoms with Gasteiger partial charge in [-0.25, -0.2) is 14.0 Å². The number of piperazine rings is 1. The summed E-state index contributed by atoms with van der Waals surface area (Å²) >= 11 is 0. The number of benzene rings is 2. The largest absolute Gasteiger partial charge is 0.466 e. The zero-order valence-electron chi connectivity index (χ0n) is 19.1. The number of ketones is 1. The molecule has 1 atom stereocenters. The van der Waals surface area contributed by atoms with E-state index in [0.29, 0.717) is 28.9 Å². The second-order valence-corrected chi connectivity index (χ2v) is 8.33. The highest BCUT2D eigenvalue weighted by Crippen LogP contribution is 2.28. The van der Waals surface area contributed by atoms with Crippen molar-refractivity contribution in [3.8, 4) is 0 Å². The fourth-order valence-electron chi connectivity index (χ4n) is 4.29. The van der Waals surface area contributed by atoms with Crippen molar-refractivity contribution in [3.63, 3.8) is 0 Å². The lowest BCUT2D eigenvalue weighted by Crippen LogP contribution is -2.51.